The molecule has 2 heterocycles. The van der Waals surface area contributed by atoms with E-state index in [1.165, 1.54) is 26.0 Å². The highest BCUT2D eigenvalue weighted by atomic mass is 32.2. The van der Waals surface area contributed by atoms with Crippen LogP contribution < -0.4 is 9.46 Å². The lowest BCUT2D eigenvalue weighted by Gasteiger charge is -2.09. The molecule has 0 spiro atoms. The second-order valence-electron chi connectivity index (χ2n) is 5.50. The van der Waals surface area contributed by atoms with Crippen molar-refractivity contribution in [2.45, 2.75) is 30.8 Å². The summed E-state index contributed by atoms with van der Waals surface area (Å²) in [5.74, 6) is 0.223. The van der Waals surface area contributed by atoms with E-state index in [-0.39, 0.29) is 16.5 Å². The monoisotopic (exact) mass is 326 g/mol. The molecule has 1 N–H and O–H groups in total. The molecule has 3 rings (SSSR count). The summed E-state index contributed by atoms with van der Waals surface area (Å²) in [5.41, 5.74) is -0.901. The van der Waals surface area contributed by atoms with E-state index in [1.807, 2.05) is 6.07 Å². The molecule has 0 radical (unpaired) electrons. The maximum absolute atomic E-state index is 13.7. The van der Waals surface area contributed by atoms with Gasteiger partial charge in [0.05, 0.1) is 6.61 Å². The van der Waals surface area contributed by atoms with Crippen LogP contribution in [-0.4, -0.2) is 20.2 Å². The van der Waals surface area contributed by atoms with Gasteiger partial charge in [-0.3, -0.25) is 4.72 Å². The van der Waals surface area contributed by atoms with Crippen molar-refractivity contribution in [3.05, 3.63) is 35.6 Å². The molecule has 0 bridgehead atoms. The summed E-state index contributed by atoms with van der Waals surface area (Å²) in [6.45, 7) is 3.04. The Labute approximate surface area is 127 Å². The molecule has 0 saturated heterocycles. The summed E-state index contributed by atoms with van der Waals surface area (Å²) in [6.07, 6.45) is 0.669. The molecule has 1 aromatic heterocycles. The summed E-state index contributed by atoms with van der Waals surface area (Å²) < 4.78 is 51.1. The van der Waals surface area contributed by atoms with Gasteiger partial charge in [-0.25, -0.2) is 12.8 Å². The second-order valence-corrected chi connectivity index (χ2v) is 7.15. The molecule has 1 aliphatic rings. The Morgan fingerprint density at radius 2 is 2.14 bits per heavy atom. The fraction of sp³-hybridized carbons (Fsp3) is 0.357. The van der Waals surface area contributed by atoms with Gasteiger partial charge in [0, 0.05) is 12.5 Å². The van der Waals surface area contributed by atoms with E-state index in [4.69, 9.17) is 9.26 Å². The van der Waals surface area contributed by atoms with Crippen LogP contribution in [0.25, 0.3) is 0 Å². The number of para-hydroxylation sites is 1. The normalized spacial score (nSPS) is 14.5. The number of hydrogen-bond donors (Lipinski definition) is 1. The summed E-state index contributed by atoms with van der Waals surface area (Å²) in [6, 6.07) is 6.15. The van der Waals surface area contributed by atoms with Gasteiger partial charge < -0.3 is 9.26 Å². The number of nitrogens with one attached hydrogen (secondary N) is 1. The molecule has 0 unspecified atom stereocenters. The fourth-order valence-electron chi connectivity index (χ4n) is 2.19. The van der Waals surface area contributed by atoms with Gasteiger partial charge in [0.1, 0.15) is 10.6 Å². The SMILES string of the molecule is CC(C)(F)c1cc(NS(=O)(=O)c2cccc3c2OCC3)no1. The zero-order valence-electron chi connectivity index (χ0n) is 12.1. The van der Waals surface area contributed by atoms with Gasteiger partial charge in [0.25, 0.3) is 10.0 Å². The molecule has 1 aliphatic heterocycles. The molecule has 6 nitrogen and oxygen atoms in total. The average molecular weight is 326 g/mol. The first kappa shape index (κ1) is 14.8. The Bertz CT molecular complexity index is 808. The Morgan fingerprint density at radius 1 is 1.36 bits per heavy atom. The van der Waals surface area contributed by atoms with Crippen molar-refractivity contribution in [2.24, 2.45) is 0 Å². The largest absolute Gasteiger partial charge is 0.492 e. The first-order chi connectivity index (χ1) is 10.3. The van der Waals surface area contributed by atoms with Gasteiger partial charge in [-0.05, 0) is 25.5 Å². The van der Waals surface area contributed by atoms with Gasteiger partial charge in [-0.15, -0.1) is 0 Å². The van der Waals surface area contributed by atoms with Crippen molar-refractivity contribution < 1.29 is 22.1 Å². The molecule has 118 valence electrons. The van der Waals surface area contributed by atoms with Crippen molar-refractivity contribution in [1.29, 1.82) is 0 Å². The fourth-order valence-corrected chi connectivity index (χ4v) is 3.37. The van der Waals surface area contributed by atoms with Gasteiger partial charge in [-0.1, -0.05) is 17.3 Å². The van der Waals surface area contributed by atoms with Crippen LogP contribution in [0, 0.1) is 0 Å². The van der Waals surface area contributed by atoms with Crippen LogP contribution in [0.4, 0.5) is 10.2 Å². The Morgan fingerprint density at radius 3 is 2.82 bits per heavy atom. The van der Waals surface area contributed by atoms with E-state index >= 15 is 0 Å². The smallest absolute Gasteiger partial charge is 0.266 e. The predicted molar refractivity (Wildman–Crippen MR) is 77.1 cm³/mol. The molecular formula is C14H15FN2O4S. The van der Waals surface area contributed by atoms with E-state index in [0.29, 0.717) is 18.8 Å². The van der Waals surface area contributed by atoms with Crippen LogP contribution >= 0.6 is 0 Å². The number of halogens is 1. The zero-order chi connectivity index (χ0) is 16.0. The number of rotatable bonds is 4. The van der Waals surface area contributed by atoms with E-state index in [9.17, 15) is 12.8 Å². The first-order valence-electron chi connectivity index (χ1n) is 6.71. The highest BCUT2D eigenvalue weighted by Gasteiger charge is 2.28. The number of anilines is 1. The molecule has 0 atom stereocenters. The molecule has 0 aliphatic carbocycles. The Kier molecular flexibility index (Phi) is 3.36. The molecule has 22 heavy (non-hydrogen) atoms. The highest BCUT2D eigenvalue weighted by Crippen LogP contribution is 2.34. The zero-order valence-corrected chi connectivity index (χ0v) is 12.9. The quantitative estimate of drug-likeness (QED) is 0.934. The topological polar surface area (TPSA) is 81.4 Å². The first-order valence-corrected chi connectivity index (χ1v) is 8.19. The molecule has 0 saturated carbocycles. The van der Waals surface area contributed by atoms with Crippen LogP contribution in [0.1, 0.15) is 25.2 Å². The van der Waals surface area contributed by atoms with E-state index in [1.54, 1.807) is 6.07 Å². The summed E-state index contributed by atoms with van der Waals surface area (Å²) >= 11 is 0. The summed E-state index contributed by atoms with van der Waals surface area (Å²) in [4.78, 5) is 0.0339. The van der Waals surface area contributed by atoms with Gasteiger partial charge in [0.15, 0.2) is 17.2 Å². The minimum absolute atomic E-state index is 0.0339. The maximum Gasteiger partial charge on any atom is 0.266 e. The van der Waals surface area contributed by atoms with Crippen LogP contribution in [0.3, 0.4) is 0 Å². The summed E-state index contributed by atoms with van der Waals surface area (Å²) in [7, 11) is -3.89. The molecule has 2 aromatic rings. The van der Waals surface area contributed by atoms with Crippen LogP contribution in [0.5, 0.6) is 5.75 Å². The third-order valence-electron chi connectivity index (χ3n) is 3.30. The third kappa shape index (κ3) is 2.66. The minimum atomic E-state index is -3.89. The number of nitrogens with zero attached hydrogens (tertiary/aromatic N) is 1. The Balaban J connectivity index is 1.92. The van der Waals surface area contributed by atoms with E-state index in [0.717, 1.165) is 5.56 Å². The molecule has 8 heteroatoms. The van der Waals surface area contributed by atoms with Gasteiger partial charge in [-0.2, -0.15) is 0 Å². The maximum atomic E-state index is 13.7. The lowest BCUT2D eigenvalue weighted by atomic mass is 10.1. The third-order valence-corrected chi connectivity index (χ3v) is 4.68. The lowest BCUT2D eigenvalue weighted by Crippen LogP contribution is -2.14. The van der Waals surface area contributed by atoms with Crippen LogP contribution in [-0.2, 0) is 22.1 Å². The van der Waals surface area contributed by atoms with Crippen LogP contribution in [0.15, 0.2) is 33.7 Å². The minimum Gasteiger partial charge on any atom is -0.492 e. The molecule has 0 amide bonds. The van der Waals surface area contributed by atoms with E-state index in [2.05, 4.69) is 9.88 Å². The van der Waals surface area contributed by atoms with E-state index < -0.39 is 15.7 Å². The molecular weight excluding hydrogens is 311 g/mol. The second kappa shape index (κ2) is 4.98. The number of ether oxygens (including phenoxy) is 1. The van der Waals surface area contributed by atoms with Crippen molar-refractivity contribution in [3.8, 4) is 5.75 Å². The van der Waals surface area contributed by atoms with Gasteiger partial charge >= 0.3 is 0 Å². The van der Waals surface area contributed by atoms with Crippen LogP contribution in [0.2, 0.25) is 0 Å². The number of benzene rings is 1. The Hall–Kier alpha value is -2.09. The number of hydrogen-bond acceptors (Lipinski definition) is 5. The van der Waals surface area contributed by atoms with Crippen molar-refractivity contribution in [1.82, 2.24) is 5.16 Å². The number of sulfonamides is 1. The lowest BCUT2D eigenvalue weighted by molar-refractivity contribution is 0.163. The number of aromatic nitrogens is 1. The predicted octanol–water partition coefficient (Wildman–Crippen LogP) is 2.61. The van der Waals surface area contributed by atoms with Crippen molar-refractivity contribution in [2.75, 3.05) is 11.3 Å². The van der Waals surface area contributed by atoms with Crippen molar-refractivity contribution >= 4 is 15.8 Å². The molecule has 1 aromatic carbocycles. The standard InChI is InChI=1S/C14H15FN2O4S/c1-14(2,15)11-8-12(16-21-11)17-22(18,19)10-5-3-4-9-6-7-20-13(9)10/h3-5,8H,6-7H2,1-2H3,(H,16,17). The van der Waals surface area contributed by atoms with Gasteiger partial charge in [0.2, 0.25) is 0 Å². The molecule has 0 fully saturated rings. The average Bonchev–Trinajstić information content (AvgIpc) is 3.04. The highest BCUT2D eigenvalue weighted by molar-refractivity contribution is 7.92. The number of alkyl halides is 1. The number of fused-ring (bicyclic) bond motifs is 1. The van der Waals surface area contributed by atoms with Crippen molar-refractivity contribution in [3.63, 3.8) is 0 Å². The summed E-state index contributed by atoms with van der Waals surface area (Å²) in [5, 5.41) is 3.54.